The molecule has 0 radical (unpaired) electrons. The Labute approximate surface area is 128 Å². The Bertz CT molecular complexity index is 723. The Morgan fingerprint density at radius 1 is 1.15 bits per heavy atom. The molecule has 0 saturated heterocycles. The van der Waals surface area contributed by atoms with Gasteiger partial charge in [-0.2, -0.15) is 4.31 Å². The van der Waals surface area contributed by atoms with E-state index in [1.165, 1.54) is 15.6 Å². The van der Waals surface area contributed by atoms with Gasteiger partial charge in [-0.3, -0.25) is 0 Å². The van der Waals surface area contributed by atoms with Crippen LogP contribution in [0.1, 0.15) is 16.0 Å². The summed E-state index contributed by atoms with van der Waals surface area (Å²) in [6.45, 7) is 4.20. The van der Waals surface area contributed by atoms with Crippen molar-refractivity contribution >= 4 is 33.0 Å². The molecule has 3 nitrogen and oxygen atoms in total. The second-order valence-electron chi connectivity index (χ2n) is 4.71. The van der Waals surface area contributed by atoms with Crippen LogP contribution in [-0.2, 0) is 16.6 Å². The van der Waals surface area contributed by atoms with Crippen LogP contribution in [0, 0.1) is 13.8 Å². The highest BCUT2D eigenvalue weighted by Crippen LogP contribution is 2.25. The first kappa shape index (κ1) is 15.5. The third-order valence-electron chi connectivity index (χ3n) is 3.19. The molecular formula is C14H16ClNO2S2. The molecule has 20 heavy (non-hydrogen) atoms. The van der Waals surface area contributed by atoms with E-state index < -0.39 is 10.0 Å². The van der Waals surface area contributed by atoms with Crippen LogP contribution in [0.5, 0.6) is 0 Å². The van der Waals surface area contributed by atoms with E-state index in [0.717, 1.165) is 16.0 Å². The smallest absolute Gasteiger partial charge is 0.207 e. The normalized spacial score (nSPS) is 12.1. The van der Waals surface area contributed by atoms with Crippen LogP contribution in [0.15, 0.2) is 35.2 Å². The predicted molar refractivity (Wildman–Crippen MR) is 83.9 cm³/mol. The lowest BCUT2D eigenvalue weighted by Gasteiger charge is -2.17. The number of benzene rings is 1. The first-order chi connectivity index (χ1) is 9.30. The minimum Gasteiger partial charge on any atom is -0.207 e. The highest BCUT2D eigenvalue weighted by Gasteiger charge is 2.21. The number of rotatable bonds is 4. The van der Waals surface area contributed by atoms with Gasteiger partial charge < -0.3 is 0 Å². The Kier molecular flexibility index (Phi) is 4.54. The topological polar surface area (TPSA) is 37.4 Å². The Morgan fingerprint density at radius 3 is 2.40 bits per heavy atom. The first-order valence-corrected chi connectivity index (χ1v) is 8.72. The maximum atomic E-state index is 12.5. The largest absolute Gasteiger partial charge is 0.243 e. The van der Waals surface area contributed by atoms with E-state index in [0.29, 0.717) is 15.8 Å². The van der Waals surface area contributed by atoms with E-state index in [4.69, 9.17) is 11.6 Å². The van der Waals surface area contributed by atoms with Crippen LogP contribution >= 0.6 is 22.9 Å². The van der Waals surface area contributed by atoms with E-state index in [2.05, 4.69) is 0 Å². The molecule has 0 fully saturated rings. The Hall–Kier alpha value is -0.880. The van der Waals surface area contributed by atoms with Gasteiger partial charge in [0.1, 0.15) is 0 Å². The maximum absolute atomic E-state index is 12.5. The van der Waals surface area contributed by atoms with Gasteiger partial charge in [-0.25, -0.2) is 8.42 Å². The second kappa shape index (κ2) is 5.85. The van der Waals surface area contributed by atoms with Gasteiger partial charge in [-0.05, 0) is 49.2 Å². The van der Waals surface area contributed by atoms with Gasteiger partial charge in [0.05, 0.1) is 9.23 Å². The van der Waals surface area contributed by atoms with Crippen molar-refractivity contribution < 1.29 is 8.42 Å². The molecule has 2 rings (SSSR count). The number of hydrogen-bond donors (Lipinski definition) is 0. The highest BCUT2D eigenvalue weighted by atomic mass is 35.5. The van der Waals surface area contributed by atoms with Crippen molar-refractivity contribution in [2.24, 2.45) is 0 Å². The van der Waals surface area contributed by atoms with Gasteiger partial charge in [-0.1, -0.05) is 17.7 Å². The zero-order valence-electron chi connectivity index (χ0n) is 11.6. The fourth-order valence-electron chi connectivity index (χ4n) is 1.80. The molecule has 0 aliphatic carbocycles. The monoisotopic (exact) mass is 329 g/mol. The summed E-state index contributed by atoms with van der Waals surface area (Å²) >= 11 is 7.26. The molecule has 1 aromatic carbocycles. The molecule has 0 bridgehead atoms. The second-order valence-corrected chi connectivity index (χ2v) is 8.56. The number of thiophene rings is 1. The summed E-state index contributed by atoms with van der Waals surface area (Å²) in [5.41, 5.74) is 2.05. The number of sulfonamides is 1. The summed E-state index contributed by atoms with van der Waals surface area (Å²) in [4.78, 5) is 1.25. The van der Waals surface area contributed by atoms with Gasteiger partial charge in [0.25, 0.3) is 0 Å². The summed E-state index contributed by atoms with van der Waals surface area (Å²) in [5.74, 6) is 0. The Morgan fingerprint density at radius 2 is 1.85 bits per heavy atom. The van der Waals surface area contributed by atoms with Crippen LogP contribution in [-0.4, -0.2) is 19.8 Å². The van der Waals surface area contributed by atoms with Crippen molar-refractivity contribution in [2.45, 2.75) is 25.3 Å². The van der Waals surface area contributed by atoms with Crippen molar-refractivity contribution in [3.8, 4) is 0 Å². The summed E-state index contributed by atoms with van der Waals surface area (Å²) < 4.78 is 27.0. The fraction of sp³-hybridized carbons (Fsp3) is 0.286. The third-order valence-corrected chi connectivity index (χ3v) is 6.21. The molecule has 1 aromatic heterocycles. The average molecular weight is 330 g/mol. The minimum atomic E-state index is -3.47. The van der Waals surface area contributed by atoms with Crippen molar-refractivity contribution in [3.05, 3.63) is 50.7 Å². The molecule has 0 amide bonds. The summed E-state index contributed by atoms with van der Waals surface area (Å²) in [6.07, 6.45) is 0. The molecule has 0 aliphatic rings. The highest BCUT2D eigenvalue weighted by molar-refractivity contribution is 7.89. The molecule has 0 unspecified atom stereocenters. The number of hydrogen-bond acceptors (Lipinski definition) is 3. The molecule has 1 heterocycles. The van der Waals surface area contributed by atoms with Crippen molar-refractivity contribution in [2.75, 3.05) is 7.05 Å². The zero-order chi connectivity index (χ0) is 14.9. The van der Waals surface area contributed by atoms with Crippen LogP contribution in [0.3, 0.4) is 0 Å². The summed E-state index contributed by atoms with van der Waals surface area (Å²) in [5, 5.41) is 0. The molecule has 0 spiro atoms. The molecule has 2 aromatic rings. The number of halogens is 1. The van der Waals surface area contributed by atoms with E-state index in [1.54, 1.807) is 25.2 Å². The van der Waals surface area contributed by atoms with Gasteiger partial charge in [0, 0.05) is 18.5 Å². The molecular weight excluding hydrogens is 314 g/mol. The lowest BCUT2D eigenvalue weighted by atomic mass is 10.1. The van der Waals surface area contributed by atoms with Crippen LogP contribution in [0.4, 0.5) is 0 Å². The predicted octanol–water partition coefficient (Wildman–Crippen LogP) is 3.84. The van der Waals surface area contributed by atoms with E-state index in [-0.39, 0.29) is 0 Å². The minimum absolute atomic E-state index is 0.325. The standard InChI is InChI=1S/C14H16ClNO2S2/c1-10-4-6-13(8-11(10)2)20(17,18)16(3)9-12-5-7-14(15)19-12/h4-8H,9H2,1-3H3. The van der Waals surface area contributed by atoms with Gasteiger partial charge in [0.15, 0.2) is 0 Å². The molecule has 108 valence electrons. The lowest BCUT2D eigenvalue weighted by molar-refractivity contribution is 0.469. The SMILES string of the molecule is Cc1ccc(S(=O)(=O)N(C)Cc2ccc(Cl)s2)cc1C. The van der Waals surface area contributed by atoms with Crippen LogP contribution in [0.2, 0.25) is 4.34 Å². The molecule has 0 saturated carbocycles. The fourth-order valence-corrected chi connectivity index (χ4v) is 4.25. The van der Waals surface area contributed by atoms with Crippen molar-refractivity contribution in [3.63, 3.8) is 0 Å². The van der Waals surface area contributed by atoms with Gasteiger partial charge in [0.2, 0.25) is 10.0 Å². The third kappa shape index (κ3) is 3.23. The van der Waals surface area contributed by atoms with Crippen LogP contribution < -0.4 is 0 Å². The van der Waals surface area contributed by atoms with Crippen molar-refractivity contribution in [1.29, 1.82) is 0 Å². The average Bonchev–Trinajstić information content (AvgIpc) is 2.78. The van der Waals surface area contributed by atoms with Gasteiger partial charge >= 0.3 is 0 Å². The molecule has 0 aliphatic heterocycles. The van der Waals surface area contributed by atoms with Crippen molar-refractivity contribution in [1.82, 2.24) is 4.31 Å². The van der Waals surface area contributed by atoms with Crippen LogP contribution in [0.25, 0.3) is 0 Å². The van der Waals surface area contributed by atoms with E-state index in [9.17, 15) is 8.42 Å². The van der Waals surface area contributed by atoms with Gasteiger partial charge in [-0.15, -0.1) is 11.3 Å². The zero-order valence-corrected chi connectivity index (χ0v) is 13.9. The molecule has 0 N–H and O–H groups in total. The maximum Gasteiger partial charge on any atom is 0.243 e. The summed E-state index contributed by atoms with van der Waals surface area (Å²) in [6, 6.07) is 8.81. The molecule has 0 atom stereocenters. The summed E-state index contributed by atoms with van der Waals surface area (Å²) in [7, 11) is -1.89. The number of aryl methyl sites for hydroxylation is 2. The lowest BCUT2D eigenvalue weighted by Crippen LogP contribution is -2.26. The van der Waals surface area contributed by atoms with E-state index in [1.807, 2.05) is 26.0 Å². The Balaban J connectivity index is 2.27. The van der Waals surface area contributed by atoms with E-state index >= 15 is 0 Å². The molecule has 6 heteroatoms. The number of nitrogens with zero attached hydrogens (tertiary/aromatic N) is 1. The first-order valence-electron chi connectivity index (χ1n) is 6.08. The quantitative estimate of drug-likeness (QED) is 0.854.